The van der Waals surface area contributed by atoms with Crippen molar-refractivity contribution in [1.82, 2.24) is 9.88 Å². The fourth-order valence-corrected chi connectivity index (χ4v) is 5.39. The fraction of sp³-hybridized carbons (Fsp3) is 0.385. The third-order valence-corrected chi connectivity index (χ3v) is 7.27. The number of nitrogens with one attached hydrogen (secondary N) is 1. The van der Waals surface area contributed by atoms with Crippen molar-refractivity contribution in [3.8, 4) is 0 Å². The zero-order chi connectivity index (χ0) is 22.8. The summed E-state index contributed by atoms with van der Waals surface area (Å²) in [5, 5.41) is 5.12. The van der Waals surface area contributed by atoms with E-state index in [0.29, 0.717) is 18.2 Å². The van der Waals surface area contributed by atoms with Crippen LogP contribution in [-0.2, 0) is 23.1 Å². The highest BCUT2D eigenvalue weighted by atomic mass is 32.2. The Morgan fingerprint density at radius 2 is 1.88 bits per heavy atom. The maximum atomic E-state index is 13.7. The summed E-state index contributed by atoms with van der Waals surface area (Å²) >= 11 is 1.52. The van der Waals surface area contributed by atoms with Crippen molar-refractivity contribution in [1.29, 1.82) is 0 Å². The normalized spacial score (nSPS) is 16.3. The number of hydrogen-bond donors (Lipinski definition) is 1. The summed E-state index contributed by atoms with van der Waals surface area (Å²) in [4.78, 5) is 28.8. The van der Waals surface area contributed by atoms with Gasteiger partial charge in [-0.3, -0.25) is 14.5 Å². The molecule has 2 aromatic carbocycles. The number of hydrogen-bond acceptors (Lipinski definition) is 3. The highest BCUT2D eigenvalue weighted by Crippen LogP contribution is 2.43. The molecule has 6 heteroatoms. The van der Waals surface area contributed by atoms with Gasteiger partial charge in [-0.05, 0) is 42.5 Å². The van der Waals surface area contributed by atoms with Crippen LogP contribution in [0.5, 0.6) is 0 Å². The maximum Gasteiger partial charge on any atom is 0.247 e. The molecule has 1 aliphatic heterocycles. The van der Waals surface area contributed by atoms with Crippen LogP contribution in [0.1, 0.15) is 44.4 Å². The summed E-state index contributed by atoms with van der Waals surface area (Å²) in [6.45, 7) is 6.98. The highest BCUT2D eigenvalue weighted by molar-refractivity contribution is 8.00. The first-order valence-corrected chi connectivity index (χ1v) is 12.3. The molecule has 0 spiro atoms. The lowest BCUT2D eigenvalue weighted by Gasteiger charge is -2.30. The van der Waals surface area contributed by atoms with E-state index in [0.717, 1.165) is 40.0 Å². The van der Waals surface area contributed by atoms with Crippen LogP contribution >= 0.6 is 11.8 Å². The molecule has 1 aromatic heterocycles. The molecular weight excluding hydrogens is 418 g/mol. The Morgan fingerprint density at radius 3 is 2.56 bits per heavy atom. The molecule has 5 nitrogen and oxygen atoms in total. The average molecular weight is 450 g/mol. The Bertz CT molecular complexity index is 1130. The van der Waals surface area contributed by atoms with Gasteiger partial charge in [0.1, 0.15) is 6.04 Å². The van der Waals surface area contributed by atoms with Crippen LogP contribution < -0.4 is 10.2 Å². The Kier molecular flexibility index (Phi) is 6.60. The van der Waals surface area contributed by atoms with Gasteiger partial charge in [-0.2, -0.15) is 0 Å². The Balaban J connectivity index is 1.86. The van der Waals surface area contributed by atoms with Crippen LogP contribution in [0.25, 0.3) is 10.9 Å². The van der Waals surface area contributed by atoms with Crippen LogP contribution in [0.4, 0.5) is 5.69 Å². The standard InChI is InChI=1S/C26H31N3O2S/c1-5-18-10-12-19(13-11-18)29-22(30)16-32-26-23(20-8-6-7-9-21(20)28(26)4)24(29)25(31)27-15-14-17(2)3/h6-13,17,24H,5,14-16H2,1-4H3,(H,27,31). The fourth-order valence-electron chi connectivity index (χ4n) is 4.33. The molecule has 168 valence electrons. The van der Waals surface area contributed by atoms with Crippen molar-refractivity contribution in [3.63, 3.8) is 0 Å². The van der Waals surface area contributed by atoms with Crippen molar-refractivity contribution < 1.29 is 9.59 Å². The monoisotopic (exact) mass is 449 g/mol. The number of thioether (sulfide) groups is 1. The van der Waals surface area contributed by atoms with E-state index >= 15 is 0 Å². The lowest BCUT2D eigenvalue weighted by molar-refractivity contribution is -0.125. The van der Waals surface area contributed by atoms with E-state index in [1.165, 1.54) is 17.3 Å². The van der Waals surface area contributed by atoms with Gasteiger partial charge in [0.25, 0.3) is 0 Å². The van der Waals surface area contributed by atoms with Gasteiger partial charge in [-0.25, -0.2) is 0 Å². The first-order chi connectivity index (χ1) is 15.4. The summed E-state index contributed by atoms with van der Waals surface area (Å²) in [7, 11) is 2.01. The second kappa shape index (κ2) is 9.41. The Hall–Kier alpha value is -2.73. The van der Waals surface area contributed by atoms with E-state index in [1.54, 1.807) is 4.90 Å². The number of rotatable bonds is 6. The van der Waals surface area contributed by atoms with Crippen molar-refractivity contribution in [2.75, 3.05) is 17.2 Å². The van der Waals surface area contributed by atoms with Crippen LogP contribution in [0.3, 0.4) is 0 Å². The molecule has 0 saturated heterocycles. The topological polar surface area (TPSA) is 54.3 Å². The van der Waals surface area contributed by atoms with Gasteiger partial charge in [0.05, 0.1) is 10.8 Å². The lowest BCUT2D eigenvalue weighted by Crippen LogP contribution is -2.44. The molecule has 1 atom stereocenters. The number of aromatic nitrogens is 1. The van der Waals surface area contributed by atoms with E-state index in [2.05, 4.69) is 42.8 Å². The van der Waals surface area contributed by atoms with Crippen molar-refractivity contribution >= 4 is 40.2 Å². The molecule has 4 rings (SSSR count). The number of carbonyl (C=O) groups is 2. The Morgan fingerprint density at radius 1 is 1.16 bits per heavy atom. The van der Waals surface area contributed by atoms with Gasteiger partial charge in [-0.1, -0.05) is 62.9 Å². The molecule has 32 heavy (non-hydrogen) atoms. The van der Waals surface area contributed by atoms with E-state index in [1.807, 2.05) is 43.4 Å². The van der Waals surface area contributed by atoms with E-state index in [9.17, 15) is 9.59 Å². The summed E-state index contributed by atoms with van der Waals surface area (Å²) in [5.74, 6) is 0.609. The number of amides is 2. The Labute approximate surface area is 194 Å². The second-order valence-electron chi connectivity index (χ2n) is 8.74. The summed E-state index contributed by atoms with van der Waals surface area (Å²) in [6, 6.07) is 15.4. The van der Waals surface area contributed by atoms with E-state index in [4.69, 9.17) is 0 Å². The predicted octanol–water partition coefficient (Wildman–Crippen LogP) is 5.08. The molecule has 1 aliphatic rings. The SMILES string of the molecule is CCc1ccc(N2C(=O)CSc3c(c4ccccc4n3C)C2C(=O)NCCC(C)C)cc1. The summed E-state index contributed by atoms with van der Waals surface area (Å²) < 4.78 is 2.11. The molecular formula is C26H31N3O2S. The van der Waals surface area contributed by atoms with Crippen LogP contribution in [0, 0.1) is 5.92 Å². The molecule has 0 bridgehead atoms. The number of para-hydroxylation sites is 1. The van der Waals surface area contributed by atoms with Crippen LogP contribution in [0.2, 0.25) is 0 Å². The minimum absolute atomic E-state index is 0.0523. The van der Waals surface area contributed by atoms with E-state index < -0.39 is 6.04 Å². The van der Waals surface area contributed by atoms with Gasteiger partial charge in [0.15, 0.2) is 0 Å². The second-order valence-corrected chi connectivity index (χ2v) is 9.71. The maximum absolute atomic E-state index is 13.7. The first kappa shape index (κ1) is 22.5. The van der Waals surface area contributed by atoms with Crippen molar-refractivity contribution in [2.45, 2.75) is 44.7 Å². The molecule has 1 unspecified atom stereocenters. The number of aryl methyl sites for hydroxylation is 2. The van der Waals surface area contributed by atoms with Gasteiger partial charge >= 0.3 is 0 Å². The zero-order valence-corrected chi connectivity index (χ0v) is 20.0. The molecule has 1 N–H and O–H groups in total. The zero-order valence-electron chi connectivity index (χ0n) is 19.2. The number of carbonyl (C=O) groups excluding carboxylic acids is 2. The molecule has 0 aliphatic carbocycles. The molecule has 3 aromatic rings. The highest BCUT2D eigenvalue weighted by Gasteiger charge is 2.39. The number of nitrogens with zero attached hydrogens (tertiary/aromatic N) is 2. The quantitative estimate of drug-likeness (QED) is 0.571. The molecule has 0 fully saturated rings. The minimum Gasteiger partial charge on any atom is -0.354 e. The number of fused-ring (bicyclic) bond motifs is 3. The average Bonchev–Trinajstić information content (AvgIpc) is 2.96. The van der Waals surface area contributed by atoms with E-state index in [-0.39, 0.29) is 11.8 Å². The predicted molar refractivity (Wildman–Crippen MR) is 132 cm³/mol. The molecule has 2 heterocycles. The first-order valence-electron chi connectivity index (χ1n) is 11.3. The van der Waals surface area contributed by atoms with Crippen molar-refractivity contribution in [3.05, 3.63) is 59.7 Å². The van der Waals surface area contributed by atoms with Crippen LogP contribution in [0.15, 0.2) is 53.6 Å². The summed E-state index contributed by atoms with van der Waals surface area (Å²) in [6.07, 6.45) is 1.82. The molecule has 0 radical (unpaired) electrons. The molecule has 0 saturated carbocycles. The number of benzene rings is 2. The van der Waals surface area contributed by atoms with Gasteiger partial charge in [0.2, 0.25) is 11.8 Å². The van der Waals surface area contributed by atoms with Gasteiger partial charge in [0, 0.05) is 35.7 Å². The summed E-state index contributed by atoms with van der Waals surface area (Å²) in [5.41, 5.74) is 3.95. The van der Waals surface area contributed by atoms with Crippen LogP contribution in [-0.4, -0.2) is 28.7 Å². The number of anilines is 1. The minimum atomic E-state index is -0.710. The largest absolute Gasteiger partial charge is 0.354 e. The van der Waals surface area contributed by atoms with Crippen molar-refractivity contribution in [2.24, 2.45) is 13.0 Å². The third kappa shape index (κ3) is 4.16. The van der Waals surface area contributed by atoms with Gasteiger partial charge in [-0.15, -0.1) is 0 Å². The smallest absolute Gasteiger partial charge is 0.247 e. The lowest BCUT2D eigenvalue weighted by atomic mass is 10.0. The third-order valence-electron chi connectivity index (χ3n) is 6.12. The molecule has 2 amide bonds. The van der Waals surface area contributed by atoms with Gasteiger partial charge < -0.3 is 9.88 Å².